The smallest absolute Gasteiger partial charge is 0.304 e. The van der Waals surface area contributed by atoms with E-state index < -0.39 is 0 Å². The highest BCUT2D eigenvalue weighted by Crippen LogP contribution is 2.20. The number of aromatic nitrogens is 1. The number of hydrogen-bond acceptors (Lipinski definition) is 4. The second-order valence-corrected chi connectivity index (χ2v) is 5.96. The molecule has 0 aromatic carbocycles. The summed E-state index contributed by atoms with van der Waals surface area (Å²) >= 11 is 1.24. The Morgan fingerprint density at radius 3 is 2.83 bits per heavy atom. The first-order valence-electron chi connectivity index (χ1n) is 6.81. The van der Waals surface area contributed by atoms with Crippen molar-refractivity contribution in [2.24, 2.45) is 5.92 Å². The zero-order chi connectivity index (χ0) is 13.0. The Labute approximate surface area is 112 Å². The normalized spacial score (nSPS) is 20.1. The zero-order valence-corrected chi connectivity index (χ0v) is 12.1. The van der Waals surface area contributed by atoms with Crippen LogP contribution in [-0.4, -0.2) is 35.6 Å². The fraction of sp³-hybridized carbons (Fsp3) is 0.769. The van der Waals surface area contributed by atoms with Crippen molar-refractivity contribution >= 4 is 11.3 Å². The standard InChI is InChI=1S/C13H23N3OS/c1-3-16-6-4-11(5-7-16)10(2)14-8-12-9-18-13(17)15-12/h9-11,14H,3-8H2,1-2H3,(H,15,17). The third kappa shape index (κ3) is 3.67. The van der Waals surface area contributed by atoms with Gasteiger partial charge in [-0.25, -0.2) is 0 Å². The van der Waals surface area contributed by atoms with E-state index in [4.69, 9.17) is 0 Å². The van der Waals surface area contributed by atoms with Crippen molar-refractivity contribution in [3.05, 3.63) is 20.7 Å². The van der Waals surface area contributed by atoms with Gasteiger partial charge >= 0.3 is 4.87 Å². The summed E-state index contributed by atoms with van der Waals surface area (Å²) in [4.78, 5) is 16.4. The van der Waals surface area contributed by atoms with Crippen LogP contribution in [0.15, 0.2) is 10.2 Å². The molecule has 0 bridgehead atoms. The topological polar surface area (TPSA) is 48.1 Å². The van der Waals surface area contributed by atoms with E-state index in [0.29, 0.717) is 6.04 Å². The molecule has 4 nitrogen and oxygen atoms in total. The first kappa shape index (κ1) is 13.8. The number of H-pyrrole nitrogens is 1. The molecule has 1 saturated heterocycles. The highest BCUT2D eigenvalue weighted by molar-refractivity contribution is 7.07. The molecule has 1 fully saturated rings. The Morgan fingerprint density at radius 1 is 1.56 bits per heavy atom. The summed E-state index contributed by atoms with van der Waals surface area (Å²) in [6, 6.07) is 0.521. The van der Waals surface area contributed by atoms with Gasteiger partial charge in [0.15, 0.2) is 0 Å². The van der Waals surface area contributed by atoms with Crippen LogP contribution in [-0.2, 0) is 6.54 Å². The Kier molecular flexibility index (Phi) is 4.97. The SMILES string of the molecule is CCN1CCC(C(C)NCc2csc(=O)[nH]2)CC1. The van der Waals surface area contributed by atoms with Crippen molar-refractivity contribution in [1.29, 1.82) is 0 Å². The average Bonchev–Trinajstić information content (AvgIpc) is 2.82. The van der Waals surface area contributed by atoms with Gasteiger partial charge in [-0.3, -0.25) is 4.79 Å². The summed E-state index contributed by atoms with van der Waals surface area (Å²) in [5.41, 5.74) is 1.00. The number of nitrogens with one attached hydrogen (secondary N) is 2. The van der Waals surface area contributed by atoms with Gasteiger partial charge in [0.05, 0.1) is 0 Å². The molecule has 1 unspecified atom stereocenters. The third-order valence-corrected chi connectivity index (χ3v) is 4.69. The van der Waals surface area contributed by atoms with Crippen LogP contribution in [0.4, 0.5) is 0 Å². The predicted molar refractivity (Wildman–Crippen MR) is 76.1 cm³/mol. The van der Waals surface area contributed by atoms with Gasteiger partial charge < -0.3 is 15.2 Å². The van der Waals surface area contributed by atoms with Gasteiger partial charge in [0.2, 0.25) is 0 Å². The second-order valence-electron chi connectivity index (χ2n) is 5.11. The number of nitrogens with zero attached hydrogens (tertiary/aromatic N) is 1. The molecule has 5 heteroatoms. The average molecular weight is 269 g/mol. The van der Waals surface area contributed by atoms with E-state index >= 15 is 0 Å². The molecule has 1 aliphatic heterocycles. The highest BCUT2D eigenvalue weighted by atomic mass is 32.1. The van der Waals surface area contributed by atoms with Crippen molar-refractivity contribution in [2.75, 3.05) is 19.6 Å². The van der Waals surface area contributed by atoms with Gasteiger partial charge in [-0.1, -0.05) is 18.3 Å². The Morgan fingerprint density at radius 2 is 2.28 bits per heavy atom. The molecular formula is C13H23N3OS. The van der Waals surface area contributed by atoms with Gasteiger partial charge in [-0.15, -0.1) is 0 Å². The van der Waals surface area contributed by atoms with Crippen LogP contribution in [0.2, 0.25) is 0 Å². The lowest BCUT2D eigenvalue weighted by atomic mass is 9.90. The van der Waals surface area contributed by atoms with E-state index in [2.05, 4.69) is 29.0 Å². The molecule has 2 rings (SSSR count). The number of hydrogen-bond donors (Lipinski definition) is 2. The van der Waals surface area contributed by atoms with Crippen molar-refractivity contribution in [3.8, 4) is 0 Å². The van der Waals surface area contributed by atoms with Crippen molar-refractivity contribution < 1.29 is 0 Å². The summed E-state index contributed by atoms with van der Waals surface area (Å²) in [5.74, 6) is 0.762. The molecule has 1 aromatic rings. The van der Waals surface area contributed by atoms with E-state index in [-0.39, 0.29) is 4.87 Å². The molecule has 0 radical (unpaired) electrons. The van der Waals surface area contributed by atoms with Gasteiger partial charge in [0.25, 0.3) is 0 Å². The molecule has 0 spiro atoms. The third-order valence-electron chi connectivity index (χ3n) is 3.97. The highest BCUT2D eigenvalue weighted by Gasteiger charge is 2.22. The van der Waals surface area contributed by atoms with Gasteiger partial charge in [0, 0.05) is 23.7 Å². The van der Waals surface area contributed by atoms with Gasteiger partial charge in [-0.05, 0) is 45.3 Å². The Hall–Kier alpha value is -0.650. The first-order valence-corrected chi connectivity index (χ1v) is 7.69. The van der Waals surface area contributed by atoms with Crippen LogP contribution in [0.5, 0.6) is 0 Å². The molecular weight excluding hydrogens is 246 g/mol. The van der Waals surface area contributed by atoms with Gasteiger partial charge in [0.1, 0.15) is 0 Å². The molecule has 0 saturated carbocycles. The van der Waals surface area contributed by atoms with Crippen LogP contribution < -0.4 is 10.2 Å². The van der Waals surface area contributed by atoms with E-state index in [0.717, 1.165) is 18.2 Å². The minimum atomic E-state index is 0.0377. The van der Waals surface area contributed by atoms with Crippen LogP contribution >= 0.6 is 11.3 Å². The monoisotopic (exact) mass is 269 g/mol. The minimum absolute atomic E-state index is 0.0377. The second kappa shape index (κ2) is 6.50. The molecule has 2 N–H and O–H groups in total. The summed E-state index contributed by atoms with van der Waals surface area (Å²) < 4.78 is 0. The fourth-order valence-corrected chi connectivity index (χ4v) is 3.19. The number of aromatic amines is 1. The molecule has 0 aliphatic carbocycles. The molecule has 102 valence electrons. The molecule has 1 atom stereocenters. The molecule has 2 heterocycles. The van der Waals surface area contributed by atoms with Gasteiger partial charge in [-0.2, -0.15) is 0 Å². The molecule has 1 aliphatic rings. The maximum absolute atomic E-state index is 11.0. The minimum Gasteiger partial charge on any atom is -0.315 e. The fourth-order valence-electron chi connectivity index (χ4n) is 2.61. The summed E-state index contributed by atoms with van der Waals surface area (Å²) in [6.45, 7) is 8.88. The van der Waals surface area contributed by atoms with E-state index in [1.54, 1.807) is 0 Å². The van der Waals surface area contributed by atoms with Crippen molar-refractivity contribution in [1.82, 2.24) is 15.2 Å². The first-order chi connectivity index (χ1) is 8.69. The largest absolute Gasteiger partial charge is 0.315 e. The molecule has 0 amide bonds. The van der Waals surface area contributed by atoms with Crippen LogP contribution in [0.25, 0.3) is 0 Å². The van der Waals surface area contributed by atoms with E-state index in [1.165, 1.54) is 43.8 Å². The number of likely N-dealkylation sites (tertiary alicyclic amines) is 1. The van der Waals surface area contributed by atoms with E-state index in [9.17, 15) is 4.79 Å². The lowest BCUT2D eigenvalue weighted by Gasteiger charge is -2.34. The van der Waals surface area contributed by atoms with Crippen LogP contribution in [0.1, 0.15) is 32.4 Å². The van der Waals surface area contributed by atoms with Crippen LogP contribution in [0, 0.1) is 5.92 Å². The summed E-state index contributed by atoms with van der Waals surface area (Å²) in [5, 5.41) is 5.44. The van der Waals surface area contributed by atoms with Crippen molar-refractivity contribution in [2.45, 2.75) is 39.3 Å². The van der Waals surface area contributed by atoms with Crippen molar-refractivity contribution in [3.63, 3.8) is 0 Å². The maximum atomic E-state index is 11.0. The lowest BCUT2D eigenvalue weighted by Crippen LogP contribution is -2.41. The zero-order valence-electron chi connectivity index (χ0n) is 11.2. The summed E-state index contributed by atoms with van der Waals surface area (Å²) in [7, 11) is 0. The lowest BCUT2D eigenvalue weighted by molar-refractivity contribution is 0.168. The van der Waals surface area contributed by atoms with E-state index in [1.807, 2.05) is 5.38 Å². The molecule has 18 heavy (non-hydrogen) atoms. The maximum Gasteiger partial charge on any atom is 0.304 e. The number of thiazole rings is 1. The Balaban J connectivity index is 1.75. The summed E-state index contributed by atoms with van der Waals surface area (Å²) in [6.07, 6.45) is 2.56. The Bertz CT molecular complexity index is 406. The predicted octanol–water partition coefficient (Wildman–Crippen LogP) is 1.65. The van der Waals surface area contributed by atoms with Crippen LogP contribution in [0.3, 0.4) is 0 Å². The molecule has 1 aromatic heterocycles. The number of rotatable bonds is 5. The number of piperidine rings is 1. The quantitative estimate of drug-likeness (QED) is 0.854.